The normalized spacial score (nSPS) is 10.9. The molecular formula is C10H8ClN5O. The van der Waals surface area contributed by atoms with E-state index in [2.05, 4.69) is 25.5 Å². The summed E-state index contributed by atoms with van der Waals surface area (Å²) in [5.74, 6) is 1.14. The van der Waals surface area contributed by atoms with Crippen molar-refractivity contribution in [2.45, 2.75) is 6.92 Å². The number of rotatable bonds is 2. The zero-order chi connectivity index (χ0) is 11.8. The lowest BCUT2D eigenvalue weighted by molar-refractivity contribution is 0.615. The van der Waals surface area contributed by atoms with Crippen LogP contribution in [0.25, 0.3) is 11.1 Å². The van der Waals surface area contributed by atoms with Crippen LogP contribution in [0.15, 0.2) is 22.8 Å². The molecule has 86 valence electrons. The van der Waals surface area contributed by atoms with E-state index < -0.39 is 0 Å². The first-order valence-corrected chi connectivity index (χ1v) is 5.30. The van der Waals surface area contributed by atoms with Crippen molar-refractivity contribution in [3.8, 4) is 0 Å². The number of nitrogens with zero attached hydrogens (tertiary/aromatic N) is 3. The van der Waals surface area contributed by atoms with Crippen LogP contribution in [0.2, 0.25) is 5.28 Å². The van der Waals surface area contributed by atoms with E-state index in [0.29, 0.717) is 22.7 Å². The molecule has 0 aliphatic rings. The van der Waals surface area contributed by atoms with Gasteiger partial charge in [0, 0.05) is 17.8 Å². The molecule has 0 saturated carbocycles. The predicted molar refractivity (Wildman–Crippen MR) is 63.4 cm³/mol. The van der Waals surface area contributed by atoms with Gasteiger partial charge in [0.15, 0.2) is 17.2 Å². The summed E-state index contributed by atoms with van der Waals surface area (Å²) in [5.41, 5.74) is 2.15. The maximum absolute atomic E-state index is 5.82. The molecule has 0 atom stereocenters. The molecule has 17 heavy (non-hydrogen) atoms. The molecule has 0 aromatic carbocycles. The largest absolute Gasteiger partial charge is 0.459 e. The molecule has 3 rings (SSSR count). The van der Waals surface area contributed by atoms with Crippen LogP contribution in [-0.2, 0) is 0 Å². The molecule has 0 unspecified atom stereocenters. The second-order valence-corrected chi connectivity index (χ2v) is 3.88. The lowest BCUT2D eigenvalue weighted by Gasteiger charge is -2.02. The number of furan rings is 1. The van der Waals surface area contributed by atoms with Crippen LogP contribution in [0.4, 0.5) is 11.6 Å². The first-order valence-electron chi connectivity index (χ1n) is 4.92. The number of aromatic amines is 1. The third kappa shape index (κ3) is 1.83. The van der Waals surface area contributed by atoms with Gasteiger partial charge >= 0.3 is 0 Å². The molecule has 0 aliphatic carbocycles. The molecule has 7 heteroatoms. The van der Waals surface area contributed by atoms with E-state index in [4.69, 9.17) is 16.0 Å². The molecule has 0 bridgehead atoms. The molecule has 0 radical (unpaired) electrons. The zero-order valence-electron chi connectivity index (χ0n) is 8.86. The Hall–Kier alpha value is -2.08. The van der Waals surface area contributed by atoms with Gasteiger partial charge in [0.05, 0.1) is 6.26 Å². The summed E-state index contributed by atoms with van der Waals surface area (Å²) in [4.78, 5) is 8.11. The molecule has 0 aliphatic heterocycles. The first kappa shape index (κ1) is 10.1. The van der Waals surface area contributed by atoms with Gasteiger partial charge in [-0.25, -0.2) is 4.98 Å². The summed E-state index contributed by atoms with van der Waals surface area (Å²) < 4.78 is 5.30. The monoisotopic (exact) mass is 249 g/mol. The van der Waals surface area contributed by atoms with Crippen LogP contribution >= 0.6 is 11.6 Å². The third-order valence-electron chi connectivity index (χ3n) is 2.23. The highest BCUT2D eigenvalue weighted by Gasteiger charge is 2.10. The summed E-state index contributed by atoms with van der Waals surface area (Å²) in [6.07, 6.45) is 1.54. The van der Waals surface area contributed by atoms with Crippen molar-refractivity contribution >= 4 is 34.3 Å². The fraction of sp³-hybridized carbons (Fsp3) is 0.100. The topological polar surface area (TPSA) is 79.6 Å². The fourth-order valence-corrected chi connectivity index (χ4v) is 1.70. The van der Waals surface area contributed by atoms with E-state index in [9.17, 15) is 0 Å². The van der Waals surface area contributed by atoms with Gasteiger partial charge in [0.1, 0.15) is 5.52 Å². The number of halogens is 1. The van der Waals surface area contributed by atoms with E-state index in [0.717, 1.165) is 5.69 Å². The molecular weight excluding hydrogens is 242 g/mol. The predicted octanol–water partition coefficient (Wildman–Crippen LogP) is 2.65. The summed E-state index contributed by atoms with van der Waals surface area (Å²) in [6.45, 7) is 1.91. The van der Waals surface area contributed by atoms with E-state index >= 15 is 0 Å². The van der Waals surface area contributed by atoms with Crippen molar-refractivity contribution in [3.63, 3.8) is 0 Å². The Bertz CT molecular complexity index is 674. The average Bonchev–Trinajstić information content (AvgIpc) is 2.87. The minimum Gasteiger partial charge on any atom is -0.459 e. The Labute approximate surface area is 101 Å². The Morgan fingerprint density at radius 3 is 3.06 bits per heavy atom. The molecule has 0 fully saturated rings. The van der Waals surface area contributed by atoms with Gasteiger partial charge < -0.3 is 9.73 Å². The quantitative estimate of drug-likeness (QED) is 0.683. The number of nitrogens with one attached hydrogen (secondary N) is 2. The molecule has 3 aromatic heterocycles. The highest BCUT2D eigenvalue weighted by atomic mass is 35.5. The fourth-order valence-electron chi connectivity index (χ4n) is 1.52. The van der Waals surface area contributed by atoms with Crippen molar-refractivity contribution in [1.29, 1.82) is 0 Å². The van der Waals surface area contributed by atoms with Crippen LogP contribution in [0, 0.1) is 6.92 Å². The van der Waals surface area contributed by atoms with Crippen LogP contribution in [-0.4, -0.2) is 20.2 Å². The third-order valence-corrected chi connectivity index (χ3v) is 2.40. The number of anilines is 2. The second-order valence-electron chi connectivity index (χ2n) is 3.54. The van der Waals surface area contributed by atoms with E-state index in [-0.39, 0.29) is 5.28 Å². The summed E-state index contributed by atoms with van der Waals surface area (Å²) >= 11 is 5.82. The average molecular weight is 250 g/mol. The maximum Gasteiger partial charge on any atom is 0.225 e. The number of aryl methyl sites for hydroxylation is 1. The summed E-state index contributed by atoms with van der Waals surface area (Å²) in [7, 11) is 0. The van der Waals surface area contributed by atoms with Gasteiger partial charge in [-0.1, -0.05) is 0 Å². The Kier molecular flexibility index (Phi) is 2.22. The number of H-pyrrole nitrogens is 1. The zero-order valence-corrected chi connectivity index (χ0v) is 9.62. The van der Waals surface area contributed by atoms with Gasteiger partial charge in [0.25, 0.3) is 0 Å². The maximum atomic E-state index is 5.82. The number of aromatic nitrogens is 4. The van der Waals surface area contributed by atoms with Crippen molar-refractivity contribution in [3.05, 3.63) is 29.4 Å². The molecule has 0 spiro atoms. The van der Waals surface area contributed by atoms with E-state index in [1.54, 1.807) is 6.07 Å². The van der Waals surface area contributed by atoms with Crippen molar-refractivity contribution in [2.24, 2.45) is 0 Å². The highest BCUT2D eigenvalue weighted by molar-refractivity contribution is 6.28. The van der Waals surface area contributed by atoms with Gasteiger partial charge in [-0.2, -0.15) is 10.1 Å². The molecule has 0 amide bonds. The Balaban J connectivity index is 2.07. The van der Waals surface area contributed by atoms with Crippen LogP contribution in [0.5, 0.6) is 0 Å². The molecule has 6 nitrogen and oxygen atoms in total. The van der Waals surface area contributed by atoms with Gasteiger partial charge in [-0.15, -0.1) is 0 Å². The van der Waals surface area contributed by atoms with Gasteiger partial charge in [-0.3, -0.25) is 5.10 Å². The lowest BCUT2D eigenvalue weighted by Crippen LogP contribution is -1.96. The van der Waals surface area contributed by atoms with Gasteiger partial charge in [-0.05, 0) is 18.5 Å². The summed E-state index contributed by atoms with van der Waals surface area (Å²) in [6, 6.07) is 3.58. The molecule has 0 saturated heterocycles. The van der Waals surface area contributed by atoms with Crippen molar-refractivity contribution < 1.29 is 4.42 Å². The number of hydrogen-bond acceptors (Lipinski definition) is 5. The standard InChI is InChI=1S/C10H8ClN5O/c1-5-4-7(16-15-5)13-9-8-6(2-3-17-8)12-10(11)14-9/h2-4H,1H3,(H2,12,13,14,15,16). The molecule has 3 heterocycles. The Morgan fingerprint density at radius 2 is 2.29 bits per heavy atom. The van der Waals surface area contributed by atoms with Crippen LogP contribution in [0.1, 0.15) is 5.69 Å². The van der Waals surface area contributed by atoms with Gasteiger partial charge in [0.2, 0.25) is 5.28 Å². The van der Waals surface area contributed by atoms with E-state index in [1.165, 1.54) is 6.26 Å². The second kappa shape index (κ2) is 3.74. The minimum absolute atomic E-state index is 0.161. The highest BCUT2D eigenvalue weighted by Crippen LogP contribution is 2.25. The van der Waals surface area contributed by atoms with E-state index in [1.807, 2.05) is 13.0 Å². The lowest BCUT2D eigenvalue weighted by atomic mass is 10.4. The molecule has 2 N–H and O–H groups in total. The SMILES string of the molecule is Cc1cc(Nc2nc(Cl)nc3ccoc23)n[nH]1. The van der Waals surface area contributed by atoms with Crippen LogP contribution < -0.4 is 5.32 Å². The minimum atomic E-state index is 0.161. The van der Waals surface area contributed by atoms with Crippen molar-refractivity contribution in [2.75, 3.05) is 5.32 Å². The smallest absolute Gasteiger partial charge is 0.225 e. The van der Waals surface area contributed by atoms with Crippen LogP contribution in [0.3, 0.4) is 0 Å². The Morgan fingerprint density at radius 1 is 1.41 bits per heavy atom. The number of fused-ring (bicyclic) bond motifs is 1. The summed E-state index contributed by atoms with van der Waals surface area (Å²) in [5, 5.41) is 10.1. The first-order chi connectivity index (χ1) is 8.22. The number of hydrogen-bond donors (Lipinski definition) is 2. The van der Waals surface area contributed by atoms with Crippen molar-refractivity contribution in [1.82, 2.24) is 20.2 Å². The molecule has 3 aromatic rings.